The summed E-state index contributed by atoms with van der Waals surface area (Å²) in [4.78, 5) is 34.1. The van der Waals surface area contributed by atoms with Crippen LogP contribution in [0.1, 0.15) is 40.5 Å². The molecule has 0 aliphatic carbocycles. The highest BCUT2D eigenvalue weighted by Crippen LogP contribution is 2.10. The van der Waals surface area contributed by atoms with Gasteiger partial charge >= 0.3 is 11.9 Å². The van der Waals surface area contributed by atoms with Gasteiger partial charge in [-0.2, -0.15) is 0 Å². The summed E-state index contributed by atoms with van der Waals surface area (Å²) in [6.07, 6.45) is 0.287. The van der Waals surface area contributed by atoms with Crippen molar-refractivity contribution in [3.05, 3.63) is 0 Å². The molecule has 0 unspecified atom stereocenters. The van der Waals surface area contributed by atoms with E-state index in [0.717, 1.165) is 0 Å². The number of carboxylic acid groups (broad SMARTS) is 1. The Balaban J connectivity index is 4.45. The standard InChI is InChI=1S/C13H23NO5/c1-5-19-13(18)9(4)7-10(12(16)17)14-11(15)6-8(2)3/h8-10H,5-7H2,1-4H3,(H,14,15)(H,16,17)/t9-,10-/m1/s1. The van der Waals surface area contributed by atoms with E-state index in [9.17, 15) is 14.4 Å². The van der Waals surface area contributed by atoms with Crippen molar-refractivity contribution in [3.8, 4) is 0 Å². The lowest BCUT2D eigenvalue weighted by Gasteiger charge is -2.18. The zero-order valence-electron chi connectivity index (χ0n) is 11.9. The Bertz CT molecular complexity index is 327. The van der Waals surface area contributed by atoms with Crippen LogP contribution in [0.5, 0.6) is 0 Å². The van der Waals surface area contributed by atoms with Crippen molar-refractivity contribution in [2.45, 2.75) is 46.6 Å². The predicted octanol–water partition coefficient (Wildman–Crippen LogP) is 1.19. The minimum absolute atomic E-state index is 0.0258. The molecule has 0 radical (unpaired) electrons. The SMILES string of the molecule is CCOC(=O)[C@H](C)C[C@@H](NC(=O)CC(C)C)C(=O)O. The maximum Gasteiger partial charge on any atom is 0.326 e. The number of esters is 1. The number of aliphatic carboxylic acids is 1. The molecular formula is C13H23NO5. The molecule has 0 rings (SSSR count). The molecule has 0 heterocycles. The van der Waals surface area contributed by atoms with Crippen LogP contribution in [0, 0.1) is 11.8 Å². The van der Waals surface area contributed by atoms with E-state index in [1.807, 2.05) is 13.8 Å². The third kappa shape index (κ3) is 7.43. The maximum absolute atomic E-state index is 11.6. The van der Waals surface area contributed by atoms with Gasteiger partial charge in [-0.1, -0.05) is 20.8 Å². The van der Waals surface area contributed by atoms with Gasteiger partial charge in [-0.15, -0.1) is 0 Å². The molecule has 0 saturated heterocycles. The van der Waals surface area contributed by atoms with E-state index >= 15 is 0 Å². The summed E-state index contributed by atoms with van der Waals surface area (Å²) >= 11 is 0. The topological polar surface area (TPSA) is 92.7 Å². The molecule has 0 bridgehead atoms. The van der Waals surface area contributed by atoms with E-state index in [-0.39, 0.29) is 31.3 Å². The molecule has 0 aromatic rings. The summed E-state index contributed by atoms with van der Waals surface area (Å²) in [5.74, 6) is -2.34. The molecule has 0 aromatic heterocycles. The Morgan fingerprint density at radius 1 is 1.21 bits per heavy atom. The monoisotopic (exact) mass is 273 g/mol. The molecule has 2 atom stereocenters. The van der Waals surface area contributed by atoms with E-state index in [2.05, 4.69) is 5.32 Å². The Kier molecular flexibility index (Phi) is 7.79. The van der Waals surface area contributed by atoms with Gasteiger partial charge in [0, 0.05) is 6.42 Å². The van der Waals surface area contributed by atoms with Crippen LogP contribution in [0.2, 0.25) is 0 Å². The van der Waals surface area contributed by atoms with Crippen LogP contribution in [0.3, 0.4) is 0 Å². The molecule has 6 nitrogen and oxygen atoms in total. The molecule has 0 saturated carbocycles. The second kappa shape index (κ2) is 8.50. The predicted molar refractivity (Wildman–Crippen MR) is 69.4 cm³/mol. The van der Waals surface area contributed by atoms with Crippen molar-refractivity contribution in [1.82, 2.24) is 5.32 Å². The molecule has 0 spiro atoms. The van der Waals surface area contributed by atoms with Gasteiger partial charge < -0.3 is 15.2 Å². The minimum Gasteiger partial charge on any atom is -0.480 e. The number of amides is 1. The van der Waals surface area contributed by atoms with Crippen LogP contribution in [0.4, 0.5) is 0 Å². The van der Waals surface area contributed by atoms with Gasteiger partial charge in [0.1, 0.15) is 6.04 Å². The second-order valence-electron chi connectivity index (χ2n) is 4.95. The summed E-state index contributed by atoms with van der Waals surface area (Å²) in [5, 5.41) is 11.5. The van der Waals surface area contributed by atoms with Crippen LogP contribution >= 0.6 is 0 Å². The average Bonchev–Trinajstić information content (AvgIpc) is 2.26. The normalized spacial score (nSPS) is 13.7. The first-order chi connectivity index (χ1) is 8.77. The molecule has 1 amide bonds. The lowest BCUT2D eigenvalue weighted by atomic mass is 10.0. The quantitative estimate of drug-likeness (QED) is 0.648. The number of hydrogen-bond acceptors (Lipinski definition) is 4. The van der Waals surface area contributed by atoms with E-state index in [4.69, 9.17) is 9.84 Å². The van der Waals surface area contributed by atoms with Gasteiger partial charge in [-0.25, -0.2) is 4.79 Å². The molecule has 0 fully saturated rings. The van der Waals surface area contributed by atoms with Gasteiger partial charge in [-0.05, 0) is 19.3 Å². The van der Waals surface area contributed by atoms with Crippen molar-refractivity contribution in [2.24, 2.45) is 11.8 Å². The lowest BCUT2D eigenvalue weighted by Crippen LogP contribution is -2.43. The van der Waals surface area contributed by atoms with Crippen LogP contribution in [0.15, 0.2) is 0 Å². The summed E-state index contributed by atoms with van der Waals surface area (Å²) in [6.45, 7) is 7.26. The maximum atomic E-state index is 11.6. The van der Waals surface area contributed by atoms with Crippen molar-refractivity contribution >= 4 is 17.8 Å². The first kappa shape index (κ1) is 17.4. The summed E-state index contributed by atoms with van der Waals surface area (Å²) < 4.78 is 4.81. The van der Waals surface area contributed by atoms with Crippen molar-refractivity contribution in [1.29, 1.82) is 0 Å². The van der Waals surface area contributed by atoms with Crippen LogP contribution < -0.4 is 5.32 Å². The van der Waals surface area contributed by atoms with E-state index in [0.29, 0.717) is 0 Å². The first-order valence-electron chi connectivity index (χ1n) is 6.46. The van der Waals surface area contributed by atoms with Crippen LogP contribution in [0.25, 0.3) is 0 Å². The largest absolute Gasteiger partial charge is 0.480 e. The Labute approximate surface area is 113 Å². The lowest BCUT2D eigenvalue weighted by molar-refractivity contribution is -0.149. The molecule has 110 valence electrons. The van der Waals surface area contributed by atoms with Crippen molar-refractivity contribution in [3.63, 3.8) is 0 Å². The summed E-state index contributed by atoms with van der Waals surface area (Å²) in [6, 6.07) is -1.06. The van der Waals surface area contributed by atoms with Crippen molar-refractivity contribution < 1.29 is 24.2 Å². The van der Waals surface area contributed by atoms with E-state index in [1.165, 1.54) is 0 Å². The zero-order chi connectivity index (χ0) is 15.0. The number of hydrogen-bond donors (Lipinski definition) is 2. The molecule has 0 aliphatic rings. The van der Waals surface area contributed by atoms with E-state index in [1.54, 1.807) is 13.8 Å². The van der Waals surface area contributed by atoms with Crippen LogP contribution in [-0.2, 0) is 19.1 Å². The van der Waals surface area contributed by atoms with Gasteiger partial charge in [-0.3, -0.25) is 9.59 Å². The fourth-order valence-electron chi connectivity index (χ4n) is 1.58. The Morgan fingerprint density at radius 3 is 2.21 bits per heavy atom. The van der Waals surface area contributed by atoms with Gasteiger partial charge in [0.15, 0.2) is 0 Å². The average molecular weight is 273 g/mol. The third-order valence-corrected chi connectivity index (χ3v) is 2.51. The fraction of sp³-hybridized carbons (Fsp3) is 0.769. The summed E-state index contributed by atoms with van der Waals surface area (Å²) in [7, 11) is 0. The molecule has 2 N–H and O–H groups in total. The van der Waals surface area contributed by atoms with Crippen molar-refractivity contribution in [2.75, 3.05) is 6.61 Å². The molecule has 19 heavy (non-hydrogen) atoms. The molecule has 0 aromatic carbocycles. The van der Waals surface area contributed by atoms with Gasteiger partial charge in [0.25, 0.3) is 0 Å². The Morgan fingerprint density at radius 2 is 1.79 bits per heavy atom. The molecular weight excluding hydrogens is 250 g/mol. The van der Waals surface area contributed by atoms with Gasteiger partial charge in [0.05, 0.1) is 12.5 Å². The number of rotatable bonds is 8. The smallest absolute Gasteiger partial charge is 0.326 e. The van der Waals surface area contributed by atoms with Crippen LogP contribution in [-0.4, -0.2) is 35.6 Å². The minimum atomic E-state index is -1.15. The number of carboxylic acids is 1. The van der Waals surface area contributed by atoms with E-state index < -0.39 is 23.9 Å². The highest BCUT2D eigenvalue weighted by molar-refractivity contribution is 5.84. The fourth-order valence-corrected chi connectivity index (χ4v) is 1.58. The Hall–Kier alpha value is -1.59. The zero-order valence-corrected chi connectivity index (χ0v) is 11.9. The highest BCUT2D eigenvalue weighted by Gasteiger charge is 2.26. The number of carbonyl (C=O) groups excluding carboxylic acids is 2. The summed E-state index contributed by atoms with van der Waals surface area (Å²) in [5.41, 5.74) is 0. The third-order valence-electron chi connectivity index (χ3n) is 2.51. The highest BCUT2D eigenvalue weighted by atomic mass is 16.5. The number of ether oxygens (including phenoxy) is 1. The molecule has 0 aliphatic heterocycles. The number of nitrogens with one attached hydrogen (secondary N) is 1. The van der Waals surface area contributed by atoms with Gasteiger partial charge in [0.2, 0.25) is 5.91 Å². The number of carbonyl (C=O) groups is 3. The first-order valence-corrected chi connectivity index (χ1v) is 6.46. The second-order valence-corrected chi connectivity index (χ2v) is 4.95. The molecule has 6 heteroatoms.